The number of thiocarbonyl (C=S) groups is 1. The monoisotopic (exact) mass is 384 g/mol. The molecule has 1 aromatic carbocycles. The van der Waals surface area contributed by atoms with E-state index in [4.69, 9.17) is 17.3 Å². The zero-order valence-corrected chi connectivity index (χ0v) is 14.3. The molecule has 0 heterocycles. The van der Waals surface area contributed by atoms with Crippen LogP contribution in [0, 0.1) is 5.92 Å². The predicted molar refractivity (Wildman–Crippen MR) is 92.0 cm³/mol. The van der Waals surface area contributed by atoms with Crippen molar-refractivity contribution >= 4 is 50.8 Å². The van der Waals surface area contributed by atoms with Gasteiger partial charge < -0.3 is 15.7 Å². The zero-order valence-electron chi connectivity index (χ0n) is 11.9. The van der Waals surface area contributed by atoms with E-state index < -0.39 is 5.97 Å². The van der Waals surface area contributed by atoms with Crippen LogP contribution in [0.2, 0.25) is 0 Å². The lowest BCUT2D eigenvalue weighted by Crippen LogP contribution is -2.39. The Balaban J connectivity index is 1.98. The van der Waals surface area contributed by atoms with E-state index in [1.54, 1.807) is 6.07 Å². The van der Waals surface area contributed by atoms with Crippen molar-refractivity contribution in [2.24, 2.45) is 5.92 Å². The molecule has 1 amide bonds. The summed E-state index contributed by atoms with van der Waals surface area (Å²) in [5.41, 5.74) is 0.654. The number of hydrogen-bond donors (Lipinski definition) is 3. The van der Waals surface area contributed by atoms with Gasteiger partial charge in [-0.05, 0) is 59.2 Å². The minimum absolute atomic E-state index is 0.0160. The third kappa shape index (κ3) is 4.51. The summed E-state index contributed by atoms with van der Waals surface area (Å²) in [7, 11) is 0. The summed E-state index contributed by atoms with van der Waals surface area (Å²) in [6.07, 6.45) is 5.12. The number of nitrogens with one attached hydrogen (secondary N) is 2. The molecule has 0 aliphatic heterocycles. The Kier molecular flexibility index (Phi) is 5.90. The van der Waals surface area contributed by atoms with Crippen LogP contribution in [0.5, 0.6) is 0 Å². The first-order chi connectivity index (χ1) is 10.5. The quantitative estimate of drug-likeness (QED) is 0.694. The molecule has 0 unspecified atom stereocenters. The first kappa shape index (κ1) is 16.9. The lowest BCUT2D eigenvalue weighted by atomic mass is 9.89. The number of carbonyl (C=O) groups excluding carboxylic acids is 1. The molecule has 1 aromatic rings. The number of rotatable bonds is 3. The molecule has 22 heavy (non-hydrogen) atoms. The SMILES string of the molecule is O=C(O)c1ccc(Br)c(NC(=S)NC(=O)C2CCCCC2)c1. The molecule has 0 spiro atoms. The molecule has 0 bridgehead atoms. The topological polar surface area (TPSA) is 78.4 Å². The first-order valence-electron chi connectivity index (χ1n) is 7.12. The van der Waals surface area contributed by atoms with Gasteiger partial charge in [-0.25, -0.2) is 4.79 Å². The highest BCUT2D eigenvalue weighted by molar-refractivity contribution is 9.10. The summed E-state index contributed by atoms with van der Waals surface area (Å²) in [4.78, 5) is 23.1. The molecule has 0 saturated heterocycles. The number of halogens is 1. The highest BCUT2D eigenvalue weighted by Gasteiger charge is 2.21. The summed E-state index contributed by atoms with van der Waals surface area (Å²) >= 11 is 8.46. The van der Waals surface area contributed by atoms with E-state index >= 15 is 0 Å². The van der Waals surface area contributed by atoms with Crippen LogP contribution in [0.1, 0.15) is 42.5 Å². The lowest BCUT2D eigenvalue weighted by Gasteiger charge is -2.21. The zero-order chi connectivity index (χ0) is 16.1. The summed E-state index contributed by atoms with van der Waals surface area (Å²) in [6, 6.07) is 4.57. The average Bonchev–Trinajstić information content (AvgIpc) is 2.50. The number of amides is 1. The Labute approximate surface area is 142 Å². The van der Waals surface area contributed by atoms with Crippen LogP contribution in [-0.4, -0.2) is 22.1 Å². The van der Waals surface area contributed by atoms with E-state index in [-0.39, 0.29) is 22.5 Å². The van der Waals surface area contributed by atoms with E-state index in [2.05, 4.69) is 26.6 Å². The van der Waals surface area contributed by atoms with Crippen molar-refractivity contribution in [2.75, 3.05) is 5.32 Å². The Hall–Kier alpha value is -1.47. The van der Waals surface area contributed by atoms with Gasteiger partial charge in [0.25, 0.3) is 0 Å². The fourth-order valence-electron chi connectivity index (χ4n) is 2.49. The van der Waals surface area contributed by atoms with Gasteiger partial charge in [-0.2, -0.15) is 0 Å². The molecule has 2 rings (SSSR count). The number of anilines is 1. The molecule has 1 saturated carbocycles. The summed E-state index contributed by atoms with van der Waals surface area (Å²) < 4.78 is 0.673. The van der Waals surface area contributed by atoms with Crippen LogP contribution < -0.4 is 10.6 Å². The predicted octanol–water partition coefficient (Wildman–Crippen LogP) is 3.54. The van der Waals surface area contributed by atoms with Crippen molar-refractivity contribution in [1.82, 2.24) is 5.32 Å². The van der Waals surface area contributed by atoms with Crippen LogP contribution in [-0.2, 0) is 4.79 Å². The van der Waals surface area contributed by atoms with E-state index in [1.807, 2.05) is 0 Å². The second kappa shape index (κ2) is 7.69. The van der Waals surface area contributed by atoms with Crippen molar-refractivity contribution in [3.8, 4) is 0 Å². The van der Waals surface area contributed by atoms with E-state index in [0.29, 0.717) is 10.2 Å². The lowest BCUT2D eigenvalue weighted by molar-refractivity contribution is -0.124. The second-order valence-corrected chi connectivity index (χ2v) is 6.54. The Morgan fingerprint density at radius 1 is 1.23 bits per heavy atom. The van der Waals surface area contributed by atoms with Gasteiger partial charge in [0, 0.05) is 10.4 Å². The molecular weight excluding hydrogens is 368 g/mol. The minimum atomic E-state index is -1.02. The molecule has 0 aromatic heterocycles. The smallest absolute Gasteiger partial charge is 0.335 e. The number of hydrogen-bond acceptors (Lipinski definition) is 3. The van der Waals surface area contributed by atoms with Crippen molar-refractivity contribution in [2.45, 2.75) is 32.1 Å². The maximum Gasteiger partial charge on any atom is 0.335 e. The van der Waals surface area contributed by atoms with Crippen molar-refractivity contribution in [1.29, 1.82) is 0 Å². The van der Waals surface area contributed by atoms with E-state index in [1.165, 1.54) is 18.6 Å². The molecule has 5 nitrogen and oxygen atoms in total. The van der Waals surface area contributed by atoms with Gasteiger partial charge in [-0.15, -0.1) is 0 Å². The Bertz CT molecular complexity index is 600. The molecular formula is C15H17BrN2O3S. The van der Waals surface area contributed by atoms with Gasteiger partial charge in [0.05, 0.1) is 11.3 Å². The fraction of sp³-hybridized carbons (Fsp3) is 0.400. The Morgan fingerprint density at radius 2 is 1.91 bits per heavy atom. The van der Waals surface area contributed by atoms with E-state index in [9.17, 15) is 9.59 Å². The van der Waals surface area contributed by atoms with Gasteiger partial charge in [0.2, 0.25) is 5.91 Å². The largest absolute Gasteiger partial charge is 0.478 e. The molecule has 1 aliphatic carbocycles. The molecule has 0 radical (unpaired) electrons. The molecule has 0 atom stereocenters. The number of benzene rings is 1. The normalized spacial score (nSPS) is 15.1. The fourth-order valence-corrected chi connectivity index (χ4v) is 3.04. The van der Waals surface area contributed by atoms with Crippen LogP contribution in [0.3, 0.4) is 0 Å². The van der Waals surface area contributed by atoms with Gasteiger partial charge in [0.15, 0.2) is 5.11 Å². The van der Waals surface area contributed by atoms with Gasteiger partial charge >= 0.3 is 5.97 Å². The van der Waals surface area contributed by atoms with Crippen LogP contribution in [0.15, 0.2) is 22.7 Å². The summed E-state index contributed by atoms with van der Waals surface area (Å²) in [6.45, 7) is 0. The number of aromatic carboxylic acids is 1. The van der Waals surface area contributed by atoms with Gasteiger partial charge in [-0.1, -0.05) is 19.3 Å². The average molecular weight is 385 g/mol. The number of carbonyl (C=O) groups is 2. The highest BCUT2D eigenvalue weighted by atomic mass is 79.9. The second-order valence-electron chi connectivity index (χ2n) is 5.28. The van der Waals surface area contributed by atoms with Crippen LogP contribution >= 0.6 is 28.1 Å². The van der Waals surface area contributed by atoms with Crippen LogP contribution in [0.25, 0.3) is 0 Å². The van der Waals surface area contributed by atoms with Crippen LogP contribution in [0.4, 0.5) is 5.69 Å². The molecule has 1 fully saturated rings. The molecule has 3 N–H and O–H groups in total. The minimum Gasteiger partial charge on any atom is -0.478 e. The highest BCUT2D eigenvalue weighted by Crippen LogP contribution is 2.25. The van der Waals surface area contributed by atoms with Crippen molar-refractivity contribution < 1.29 is 14.7 Å². The van der Waals surface area contributed by atoms with E-state index in [0.717, 1.165) is 25.7 Å². The molecule has 1 aliphatic rings. The summed E-state index contributed by atoms with van der Waals surface area (Å²) in [5.74, 6) is -1.07. The number of carboxylic acid groups (broad SMARTS) is 1. The molecule has 7 heteroatoms. The Morgan fingerprint density at radius 3 is 2.55 bits per heavy atom. The third-order valence-corrected chi connectivity index (χ3v) is 4.57. The van der Waals surface area contributed by atoms with Gasteiger partial charge in [-0.3, -0.25) is 4.79 Å². The third-order valence-electron chi connectivity index (χ3n) is 3.67. The standard InChI is InChI=1S/C15H17BrN2O3S/c16-11-7-6-10(14(20)21)8-12(11)17-15(22)18-13(19)9-4-2-1-3-5-9/h6-9H,1-5H2,(H,20,21)(H2,17,18,19,22). The molecule has 118 valence electrons. The maximum absolute atomic E-state index is 12.1. The maximum atomic E-state index is 12.1. The van der Waals surface area contributed by atoms with Crippen molar-refractivity contribution in [3.05, 3.63) is 28.2 Å². The first-order valence-corrected chi connectivity index (χ1v) is 8.32. The van der Waals surface area contributed by atoms with Gasteiger partial charge in [0.1, 0.15) is 0 Å². The summed E-state index contributed by atoms with van der Waals surface area (Å²) in [5, 5.41) is 14.7. The van der Waals surface area contributed by atoms with Crippen molar-refractivity contribution in [3.63, 3.8) is 0 Å². The number of carboxylic acids is 1.